The van der Waals surface area contributed by atoms with Gasteiger partial charge in [0.05, 0.1) is 11.1 Å². The third-order valence-electron chi connectivity index (χ3n) is 9.08. The molecule has 0 bridgehead atoms. The van der Waals surface area contributed by atoms with Gasteiger partial charge in [-0.25, -0.2) is 4.98 Å². The summed E-state index contributed by atoms with van der Waals surface area (Å²) in [6.45, 7) is 8.53. The van der Waals surface area contributed by atoms with Crippen LogP contribution in [0.3, 0.4) is 0 Å². The number of pyridine rings is 1. The van der Waals surface area contributed by atoms with Gasteiger partial charge in [0.25, 0.3) is 5.56 Å². The lowest BCUT2D eigenvalue weighted by molar-refractivity contribution is 0.0543. The lowest BCUT2D eigenvalue weighted by Gasteiger charge is -2.41. The number of anilines is 4. The molecule has 7 rings (SSSR count). The molecule has 0 spiro atoms. The van der Waals surface area contributed by atoms with Crippen LogP contribution < -0.4 is 26.4 Å². The molecule has 4 aromatic rings. The van der Waals surface area contributed by atoms with E-state index >= 15 is 0 Å². The van der Waals surface area contributed by atoms with Crippen LogP contribution >= 0.6 is 0 Å². The molecule has 45 heavy (non-hydrogen) atoms. The number of hydrogen-bond acceptors (Lipinski definition) is 10. The first-order chi connectivity index (χ1) is 21.8. The van der Waals surface area contributed by atoms with E-state index in [1.165, 1.54) is 4.57 Å². The summed E-state index contributed by atoms with van der Waals surface area (Å²) in [5, 5.41) is 10.6. The van der Waals surface area contributed by atoms with Gasteiger partial charge in [0.15, 0.2) is 11.6 Å². The number of carbonyl (C=O) groups is 2. The number of benzene rings is 2. The molecule has 1 unspecified atom stereocenters. The molecule has 0 saturated carbocycles. The summed E-state index contributed by atoms with van der Waals surface area (Å²) in [6.07, 6.45) is 2.70. The molecule has 11 nitrogen and oxygen atoms in total. The highest BCUT2D eigenvalue weighted by Gasteiger charge is 2.44. The number of para-hydroxylation sites is 1. The van der Waals surface area contributed by atoms with E-state index in [9.17, 15) is 14.4 Å². The number of Topliss-reactive ketones (excluding diaryl/α,β-unsaturated/α-hetero) is 2. The van der Waals surface area contributed by atoms with Crippen molar-refractivity contribution >= 4 is 45.6 Å². The lowest BCUT2D eigenvalue weighted by atomic mass is 9.82. The van der Waals surface area contributed by atoms with Crippen LogP contribution in [0.25, 0.3) is 11.0 Å². The van der Waals surface area contributed by atoms with Gasteiger partial charge in [-0.15, -0.1) is 0 Å². The highest BCUT2D eigenvalue weighted by Crippen LogP contribution is 2.38. The van der Waals surface area contributed by atoms with Crippen molar-refractivity contribution in [1.29, 1.82) is 0 Å². The highest BCUT2D eigenvalue weighted by atomic mass is 16.5. The zero-order chi connectivity index (χ0) is 31.1. The third-order valence-corrected chi connectivity index (χ3v) is 9.08. The minimum Gasteiger partial charge on any atom is -0.381 e. The van der Waals surface area contributed by atoms with Crippen molar-refractivity contribution in [2.75, 3.05) is 54.9 Å². The molecule has 232 valence electrons. The molecular weight excluding hydrogens is 570 g/mol. The second-order valence-corrected chi connectivity index (χ2v) is 12.5. The van der Waals surface area contributed by atoms with Crippen LogP contribution in [0.1, 0.15) is 53.4 Å². The van der Waals surface area contributed by atoms with E-state index in [2.05, 4.69) is 38.0 Å². The predicted octanol–water partition coefficient (Wildman–Crippen LogP) is 4.18. The van der Waals surface area contributed by atoms with Crippen LogP contribution in [-0.2, 0) is 4.74 Å². The molecule has 5 heterocycles. The molecule has 2 aromatic carbocycles. The summed E-state index contributed by atoms with van der Waals surface area (Å²) in [4.78, 5) is 54.0. The van der Waals surface area contributed by atoms with Crippen molar-refractivity contribution in [2.45, 2.75) is 38.3 Å². The maximum atomic E-state index is 14.4. The summed E-state index contributed by atoms with van der Waals surface area (Å²) in [7, 11) is 0. The van der Waals surface area contributed by atoms with Crippen molar-refractivity contribution in [1.82, 2.24) is 19.9 Å². The monoisotopic (exact) mass is 607 g/mol. The Hall–Kier alpha value is -4.61. The summed E-state index contributed by atoms with van der Waals surface area (Å²) in [6, 6.07) is 16.0. The molecule has 11 heteroatoms. The quantitative estimate of drug-likeness (QED) is 0.275. The number of aromatic nitrogens is 3. The number of nitrogens with zero attached hydrogens (tertiary/aromatic N) is 4. The van der Waals surface area contributed by atoms with E-state index in [1.807, 2.05) is 38.1 Å². The van der Waals surface area contributed by atoms with Gasteiger partial charge in [0.1, 0.15) is 11.7 Å². The van der Waals surface area contributed by atoms with Gasteiger partial charge in [-0.1, -0.05) is 12.1 Å². The number of fused-ring (bicyclic) bond motifs is 2. The Morgan fingerprint density at radius 3 is 2.51 bits per heavy atom. The Morgan fingerprint density at radius 1 is 1.02 bits per heavy atom. The Bertz CT molecular complexity index is 1820. The van der Waals surface area contributed by atoms with E-state index < -0.39 is 17.1 Å². The van der Waals surface area contributed by atoms with Crippen molar-refractivity contribution in [3.05, 3.63) is 82.3 Å². The second kappa shape index (κ2) is 11.7. The van der Waals surface area contributed by atoms with Gasteiger partial charge < -0.3 is 25.6 Å². The minimum atomic E-state index is -0.967. The SMILES string of the molecule is CC1(C)Nc2ccccc2C(=O)C1n1c(=O)c(C(=O)C2CCOCC2)cc2cnc(Nc3ccc(N4CCNCC4)cc3)nc21. The number of nitrogens with one attached hydrogen (secondary N) is 3. The second-order valence-electron chi connectivity index (χ2n) is 12.5. The molecule has 3 aliphatic heterocycles. The number of hydrogen-bond donors (Lipinski definition) is 3. The summed E-state index contributed by atoms with van der Waals surface area (Å²) >= 11 is 0. The van der Waals surface area contributed by atoms with Crippen LogP contribution in [0, 0.1) is 5.92 Å². The standard InChI is InChI=1S/C34H37N7O4/c1-34(2)30(29(43)25-5-3-4-6-27(25)39-34)41-31-22(19-26(32(41)44)28(42)21-11-17-45-18-12-21)20-36-33(38-31)37-23-7-9-24(10-8-23)40-15-13-35-14-16-40/h3-10,19-21,30,35,39H,11-18H2,1-2H3,(H,36,37,38). The van der Waals surface area contributed by atoms with Crippen molar-refractivity contribution in [3.8, 4) is 0 Å². The van der Waals surface area contributed by atoms with Crippen LogP contribution in [-0.4, -0.2) is 71.0 Å². The molecule has 2 aromatic heterocycles. The van der Waals surface area contributed by atoms with Crippen molar-refractivity contribution in [3.63, 3.8) is 0 Å². The zero-order valence-electron chi connectivity index (χ0n) is 25.5. The zero-order valence-corrected chi connectivity index (χ0v) is 25.5. The highest BCUT2D eigenvalue weighted by molar-refractivity contribution is 6.07. The van der Waals surface area contributed by atoms with E-state index in [-0.39, 0.29) is 34.6 Å². The van der Waals surface area contributed by atoms with Gasteiger partial charge in [-0.05, 0) is 69.2 Å². The van der Waals surface area contributed by atoms with Crippen LogP contribution in [0.5, 0.6) is 0 Å². The fourth-order valence-corrected chi connectivity index (χ4v) is 6.72. The van der Waals surface area contributed by atoms with Crippen LogP contribution in [0.2, 0.25) is 0 Å². The lowest BCUT2D eigenvalue weighted by Crippen LogP contribution is -2.52. The van der Waals surface area contributed by atoms with E-state index in [0.29, 0.717) is 42.7 Å². The van der Waals surface area contributed by atoms with Gasteiger partial charge >= 0.3 is 0 Å². The largest absolute Gasteiger partial charge is 0.381 e. The first-order valence-corrected chi connectivity index (χ1v) is 15.6. The molecule has 2 fully saturated rings. The smallest absolute Gasteiger partial charge is 0.263 e. The van der Waals surface area contributed by atoms with Gasteiger partial charge in [0, 0.05) is 79.5 Å². The molecule has 0 amide bonds. The van der Waals surface area contributed by atoms with Gasteiger partial charge in [-0.3, -0.25) is 19.0 Å². The van der Waals surface area contributed by atoms with E-state index in [4.69, 9.17) is 9.72 Å². The first-order valence-electron chi connectivity index (χ1n) is 15.6. The normalized spacial score (nSPS) is 20.0. The number of ketones is 2. The maximum Gasteiger partial charge on any atom is 0.263 e. The number of carbonyl (C=O) groups excluding carboxylic acids is 2. The Morgan fingerprint density at radius 2 is 1.76 bits per heavy atom. The Balaban J connectivity index is 1.32. The third kappa shape index (κ3) is 5.46. The molecule has 0 aliphatic carbocycles. The van der Waals surface area contributed by atoms with E-state index in [0.717, 1.165) is 37.6 Å². The van der Waals surface area contributed by atoms with Crippen molar-refractivity contribution in [2.24, 2.45) is 5.92 Å². The topological polar surface area (TPSA) is 130 Å². The Labute approximate surface area is 261 Å². The van der Waals surface area contributed by atoms with Crippen molar-refractivity contribution < 1.29 is 14.3 Å². The maximum absolute atomic E-state index is 14.4. The number of piperazine rings is 1. The van der Waals surface area contributed by atoms with E-state index in [1.54, 1.807) is 24.4 Å². The number of rotatable bonds is 6. The Kier molecular flexibility index (Phi) is 7.58. The first kappa shape index (κ1) is 29.1. The molecular formula is C34H37N7O4. The molecule has 0 radical (unpaired) electrons. The van der Waals surface area contributed by atoms with Crippen LogP contribution in [0.4, 0.5) is 23.0 Å². The predicted molar refractivity (Wildman–Crippen MR) is 174 cm³/mol. The average Bonchev–Trinajstić information content (AvgIpc) is 3.06. The molecule has 1 atom stereocenters. The minimum absolute atomic E-state index is 0.0460. The molecule has 3 N–H and O–H groups in total. The average molecular weight is 608 g/mol. The summed E-state index contributed by atoms with van der Waals surface area (Å²) in [5.41, 5.74) is 2.05. The van der Waals surface area contributed by atoms with Crippen LogP contribution in [0.15, 0.2) is 65.6 Å². The van der Waals surface area contributed by atoms with Gasteiger partial charge in [0.2, 0.25) is 5.95 Å². The fraction of sp³-hybridized carbons (Fsp3) is 0.382. The molecule has 2 saturated heterocycles. The fourth-order valence-electron chi connectivity index (χ4n) is 6.72. The molecule has 3 aliphatic rings. The van der Waals surface area contributed by atoms with Gasteiger partial charge in [-0.2, -0.15) is 4.98 Å². The number of ether oxygens (including phenoxy) is 1. The summed E-state index contributed by atoms with van der Waals surface area (Å²) in [5.74, 6) is -0.494. The summed E-state index contributed by atoms with van der Waals surface area (Å²) < 4.78 is 6.87.